The molecule has 2 aliphatic rings. The van der Waals surface area contributed by atoms with Crippen molar-refractivity contribution in [3.05, 3.63) is 35.9 Å². The van der Waals surface area contributed by atoms with Gasteiger partial charge in [-0.1, -0.05) is 30.3 Å². The van der Waals surface area contributed by atoms with Crippen LogP contribution in [0.15, 0.2) is 30.3 Å². The van der Waals surface area contributed by atoms with E-state index >= 15 is 0 Å². The molecule has 2 heterocycles. The second-order valence-electron chi connectivity index (χ2n) is 5.55. The summed E-state index contributed by atoms with van der Waals surface area (Å²) in [6, 6.07) is 9.62. The molecule has 1 spiro atoms. The van der Waals surface area contributed by atoms with Gasteiger partial charge in [-0.25, -0.2) is 9.78 Å². The van der Waals surface area contributed by atoms with Crippen LogP contribution in [0.5, 0.6) is 0 Å². The Morgan fingerprint density at radius 3 is 2.81 bits per heavy atom. The van der Waals surface area contributed by atoms with E-state index in [2.05, 4.69) is 0 Å². The van der Waals surface area contributed by atoms with Crippen LogP contribution in [0, 0.1) is 0 Å². The molecule has 0 amide bonds. The lowest BCUT2D eigenvalue weighted by Crippen LogP contribution is -2.40. The Balaban J connectivity index is 1.40. The maximum Gasteiger partial charge on any atom is 0.308 e. The van der Waals surface area contributed by atoms with Gasteiger partial charge in [0.25, 0.3) is 0 Å². The van der Waals surface area contributed by atoms with Crippen LogP contribution in [-0.2, 0) is 30.7 Å². The fraction of sp³-hybridized carbons (Fsp3) is 0.562. The molecule has 0 radical (unpaired) electrons. The highest BCUT2D eigenvalue weighted by atomic mass is 17.2. The average Bonchev–Trinajstić information content (AvgIpc) is 2.97. The molecule has 1 aromatic rings. The van der Waals surface area contributed by atoms with Gasteiger partial charge in [-0.3, -0.25) is 4.79 Å². The molecule has 114 valence electrons. The molecule has 0 aromatic heterocycles. The van der Waals surface area contributed by atoms with Gasteiger partial charge >= 0.3 is 5.97 Å². The molecule has 2 saturated heterocycles. The summed E-state index contributed by atoms with van der Waals surface area (Å²) in [4.78, 5) is 22.5. The summed E-state index contributed by atoms with van der Waals surface area (Å²) in [5.74, 6) is -0.833. The third-order valence-corrected chi connectivity index (χ3v) is 3.89. The van der Waals surface area contributed by atoms with E-state index in [1.807, 2.05) is 30.3 Å². The molecule has 2 aliphatic heterocycles. The van der Waals surface area contributed by atoms with Crippen LogP contribution in [0.4, 0.5) is 0 Å². The van der Waals surface area contributed by atoms with E-state index in [1.54, 1.807) is 0 Å². The minimum Gasteiger partial charge on any atom is -0.461 e. The monoisotopic (exact) mass is 292 g/mol. The molecule has 0 aliphatic carbocycles. The highest BCUT2D eigenvalue weighted by Gasteiger charge is 2.42. The summed E-state index contributed by atoms with van der Waals surface area (Å²) in [6.07, 6.45) is 3.33. The second-order valence-corrected chi connectivity index (χ2v) is 5.55. The Hall–Kier alpha value is -1.43. The number of esters is 1. The lowest BCUT2D eigenvalue weighted by molar-refractivity contribution is -0.459. The zero-order valence-electron chi connectivity index (χ0n) is 12.0. The van der Waals surface area contributed by atoms with E-state index in [1.165, 1.54) is 0 Å². The summed E-state index contributed by atoms with van der Waals surface area (Å²) in [6.45, 7) is 1.01. The van der Waals surface area contributed by atoms with E-state index in [4.69, 9.17) is 19.2 Å². The van der Waals surface area contributed by atoms with E-state index in [9.17, 15) is 4.79 Å². The SMILES string of the molecule is O=C(CC1CCC2(CCCO2)OO1)OCc1ccccc1. The van der Waals surface area contributed by atoms with Crippen LogP contribution in [0.3, 0.4) is 0 Å². The van der Waals surface area contributed by atoms with Crippen molar-refractivity contribution in [1.82, 2.24) is 0 Å². The fourth-order valence-electron chi connectivity index (χ4n) is 2.68. The molecular weight excluding hydrogens is 272 g/mol. The van der Waals surface area contributed by atoms with Gasteiger partial charge in [0.05, 0.1) is 13.0 Å². The third-order valence-electron chi connectivity index (χ3n) is 3.89. The molecule has 0 N–H and O–H groups in total. The van der Waals surface area contributed by atoms with Crippen LogP contribution in [0.25, 0.3) is 0 Å². The second kappa shape index (κ2) is 6.56. The van der Waals surface area contributed by atoms with Gasteiger partial charge in [-0.2, -0.15) is 0 Å². The molecule has 21 heavy (non-hydrogen) atoms. The molecule has 3 rings (SSSR count). The Labute approximate surface area is 124 Å². The largest absolute Gasteiger partial charge is 0.461 e. The standard InChI is InChI=1S/C16H20O5/c17-15(18-12-13-5-2-1-3-6-13)11-14-7-9-16(21-20-14)8-4-10-19-16/h1-3,5-6,14H,4,7-12H2. The van der Waals surface area contributed by atoms with E-state index in [0.29, 0.717) is 13.2 Å². The third kappa shape index (κ3) is 3.81. The molecule has 2 fully saturated rings. The first-order valence-corrected chi connectivity index (χ1v) is 7.44. The molecule has 1 aromatic carbocycles. The highest BCUT2D eigenvalue weighted by Crippen LogP contribution is 2.37. The van der Waals surface area contributed by atoms with Crippen molar-refractivity contribution in [2.45, 2.75) is 50.6 Å². The number of carbonyl (C=O) groups is 1. The maximum absolute atomic E-state index is 11.8. The average molecular weight is 292 g/mol. The van der Waals surface area contributed by atoms with Crippen molar-refractivity contribution < 1.29 is 24.0 Å². The van der Waals surface area contributed by atoms with Gasteiger partial charge in [-0.15, -0.1) is 0 Å². The number of carbonyl (C=O) groups excluding carboxylic acids is 1. The quantitative estimate of drug-likeness (QED) is 0.631. The molecule has 5 nitrogen and oxygen atoms in total. The first-order chi connectivity index (χ1) is 10.3. The van der Waals surface area contributed by atoms with Crippen molar-refractivity contribution in [3.8, 4) is 0 Å². The van der Waals surface area contributed by atoms with Gasteiger partial charge in [-0.05, 0) is 18.4 Å². The first-order valence-electron chi connectivity index (χ1n) is 7.44. The summed E-state index contributed by atoms with van der Waals surface area (Å²) in [5.41, 5.74) is 0.977. The van der Waals surface area contributed by atoms with Crippen LogP contribution in [0.1, 0.15) is 37.7 Å². The van der Waals surface area contributed by atoms with Gasteiger partial charge in [0, 0.05) is 12.8 Å². The molecule has 5 heteroatoms. The predicted molar refractivity (Wildman–Crippen MR) is 74.0 cm³/mol. The van der Waals surface area contributed by atoms with Crippen LogP contribution < -0.4 is 0 Å². The molecule has 2 unspecified atom stereocenters. The van der Waals surface area contributed by atoms with Gasteiger partial charge in [0.15, 0.2) is 0 Å². The topological polar surface area (TPSA) is 54.0 Å². The fourth-order valence-corrected chi connectivity index (χ4v) is 2.68. The Kier molecular flexibility index (Phi) is 4.53. The van der Waals surface area contributed by atoms with Crippen LogP contribution in [-0.4, -0.2) is 24.5 Å². The van der Waals surface area contributed by atoms with Crippen LogP contribution >= 0.6 is 0 Å². The summed E-state index contributed by atoms with van der Waals surface area (Å²) in [7, 11) is 0. The molecule has 0 bridgehead atoms. The number of benzene rings is 1. The molecule has 2 atom stereocenters. The lowest BCUT2D eigenvalue weighted by atomic mass is 10.0. The summed E-state index contributed by atoms with van der Waals surface area (Å²) < 4.78 is 10.8. The van der Waals surface area contributed by atoms with Crippen molar-refractivity contribution >= 4 is 5.97 Å². The minimum absolute atomic E-state index is 0.211. The van der Waals surface area contributed by atoms with Crippen molar-refractivity contribution in [2.75, 3.05) is 6.61 Å². The highest BCUT2D eigenvalue weighted by molar-refractivity contribution is 5.70. The Morgan fingerprint density at radius 1 is 1.29 bits per heavy atom. The number of rotatable bonds is 4. The zero-order chi connectivity index (χ0) is 14.5. The van der Waals surface area contributed by atoms with E-state index in [-0.39, 0.29) is 18.5 Å². The smallest absolute Gasteiger partial charge is 0.308 e. The number of ether oxygens (including phenoxy) is 2. The van der Waals surface area contributed by atoms with Crippen molar-refractivity contribution in [3.63, 3.8) is 0 Å². The lowest BCUT2D eigenvalue weighted by Gasteiger charge is -2.34. The summed E-state index contributed by atoms with van der Waals surface area (Å²) in [5, 5.41) is 0. The number of hydrogen-bond acceptors (Lipinski definition) is 5. The van der Waals surface area contributed by atoms with E-state index < -0.39 is 5.79 Å². The van der Waals surface area contributed by atoms with Crippen molar-refractivity contribution in [2.24, 2.45) is 0 Å². The zero-order valence-corrected chi connectivity index (χ0v) is 12.0. The van der Waals surface area contributed by atoms with Crippen molar-refractivity contribution in [1.29, 1.82) is 0 Å². The van der Waals surface area contributed by atoms with Gasteiger partial charge in [0.1, 0.15) is 12.7 Å². The first kappa shape index (κ1) is 14.5. The normalized spacial score (nSPS) is 28.7. The minimum atomic E-state index is -0.565. The van der Waals surface area contributed by atoms with Gasteiger partial charge < -0.3 is 9.47 Å². The molecular formula is C16H20O5. The summed E-state index contributed by atoms with van der Waals surface area (Å²) >= 11 is 0. The Morgan fingerprint density at radius 2 is 2.14 bits per heavy atom. The molecule has 0 saturated carbocycles. The van der Waals surface area contributed by atoms with Gasteiger partial charge in [0.2, 0.25) is 5.79 Å². The van der Waals surface area contributed by atoms with Crippen LogP contribution in [0.2, 0.25) is 0 Å². The Bertz CT molecular complexity index is 457. The van der Waals surface area contributed by atoms with E-state index in [0.717, 1.165) is 31.2 Å². The number of hydrogen-bond donors (Lipinski definition) is 0. The maximum atomic E-state index is 11.8. The predicted octanol–water partition coefficient (Wildman–Crippen LogP) is 2.74.